The molecule has 0 bridgehead atoms. The van der Waals surface area contributed by atoms with Crippen molar-refractivity contribution in [3.8, 4) is 0 Å². The lowest BCUT2D eigenvalue weighted by Crippen LogP contribution is -1.93. The second kappa shape index (κ2) is 3.78. The van der Waals surface area contributed by atoms with Gasteiger partial charge in [-0.05, 0) is 6.07 Å². The zero-order valence-electron chi connectivity index (χ0n) is 5.97. The van der Waals surface area contributed by atoms with Crippen LogP contribution in [0.15, 0.2) is 12.3 Å². The third kappa shape index (κ3) is 1.89. The minimum atomic E-state index is -2.63. The minimum Gasteiger partial charge on any atom is -0.392 e. The quantitative estimate of drug-likeness (QED) is 0.781. The van der Waals surface area contributed by atoms with E-state index in [1.54, 1.807) is 0 Å². The van der Waals surface area contributed by atoms with Crippen LogP contribution in [-0.4, -0.2) is 10.1 Å². The number of pyridine rings is 1. The summed E-state index contributed by atoms with van der Waals surface area (Å²) < 4.78 is 24.0. The smallest absolute Gasteiger partial charge is 0.280 e. The molecule has 1 aromatic heterocycles. The monoisotopic (exact) mass is 193 g/mol. The summed E-state index contributed by atoms with van der Waals surface area (Å²) in [5.41, 5.74) is -0.0294. The van der Waals surface area contributed by atoms with Crippen molar-refractivity contribution in [1.82, 2.24) is 4.98 Å². The molecule has 0 spiro atoms. The molecule has 0 atom stereocenters. The average Bonchev–Trinajstić information content (AvgIpc) is 2.04. The van der Waals surface area contributed by atoms with Crippen LogP contribution in [0, 0.1) is 0 Å². The number of aliphatic hydroxyl groups is 1. The van der Waals surface area contributed by atoms with Crippen LogP contribution in [0.4, 0.5) is 8.78 Å². The van der Waals surface area contributed by atoms with Gasteiger partial charge in [0.05, 0.1) is 6.61 Å². The third-order valence-electron chi connectivity index (χ3n) is 1.34. The topological polar surface area (TPSA) is 33.1 Å². The molecule has 0 radical (unpaired) electrons. The summed E-state index contributed by atoms with van der Waals surface area (Å²) in [7, 11) is 0. The van der Waals surface area contributed by atoms with Crippen molar-refractivity contribution in [1.29, 1.82) is 0 Å². The Labute approximate surface area is 72.8 Å². The summed E-state index contributed by atoms with van der Waals surface area (Å²) in [4.78, 5) is 3.42. The molecule has 1 heterocycles. The lowest BCUT2D eigenvalue weighted by molar-refractivity contribution is 0.146. The molecule has 2 nitrogen and oxygen atoms in total. The van der Waals surface area contributed by atoms with Gasteiger partial charge >= 0.3 is 0 Å². The maximum absolute atomic E-state index is 12.0. The first-order valence-electron chi connectivity index (χ1n) is 3.18. The maximum atomic E-state index is 12.0. The van der Waals surface area contributed by atoms with Crippen LogP contribution in [0.25, 0.3) is 0 Å². The van der Waals surface area contributed by atoms with E-state index in [-0.39, 0.29) is 17.3 Å². The van der Waals surface area contributed by atoms with Crippen LogP contribution >= 0.6 is 11.6 Å². The van der Waals surface area contributed by atoms with Gasteiger partial charge in [-0.3, -0.25) is 4.98 Å². The van der Waals surface area contributed by atoms with Gasteiger partial charge in [-0.1, -0.05) is 11.6 Å². The number of nitrogens with zero attached hydrogens (tertiary/aromatic N) is 1. The number of hydrogen-bond donors (Lipinski definition) is 1. The van der Waals surface area contributed by atoms with E-state index in [4.69, 9.17) is 16.7 Å². The highest BCUT2D eigenvalue weighted by Crippen LogP contribution is 2.22. The summed E-state index contributed by atoms with van der Waals surface area (Å²) in [6.07, 6.45) is -1.49. The first kappa shape index (κ1) is 9.35. The van der Waals surface area contributed by atoms with E-state index >= 15 is 0 Å². The lowest BCUT2D eigenvalue weighted by atomic mass is 10.2. The number of alkyl halides is 2. The van der Waals surface area contributed by atoms with Crippen molar-refractivity contribution in [2.75, 3.05) is 0 Å². The average molecular weight is 194 g/mol. The predicted molar refractivity (Wildman–Crippen MR) is 40.1 cm³/mol. The largest absolute Gasteiger partial charge is 0.392 e. The normalized spacial score (nSPS) is 10.8. The summed E-state index contributed by atoms with van der Waals surface area (Å²) in [6.45, 7) is -0.296. The van der Waals surface area contributed by atoms with Gasteiger partial charge in [-0.2, -0.15) is 0 Å². The molecule has 0 aliphatic rings. The molecule has 0 saturated carbocycles. The SMILES string of the molecule is OCc1cnc(C(F)F)cc1Cl. The summed E-state index contributed by atoms with van der Waals surface area (Å²) in [6, 6.07) is 1.05. The van der Waals surface area contributed by atoms with Gasteiger partial charge < -0.3 is 5.11 Å². The van der Waals surface area contributed by atoms with E-state index in [1.165, 1.54) is 0 Å². The van der Waals surface area contributed by atoms with E-state index in [2.05, 4.69) is 4.98 Å². The highest BCUT2D eigenvalue weighted by molar-refractivity contribution is 6.31. The minimum absolute atomic E-state index is 0.114. The van der Waals surface area contributed by atoms with Crippen molar-refractivity contribution < 1.29 is 13.9 Å². The molecule has 0 unspecified atom stereocenters. The number of aromatic nitrogens is 1. The first-order valence-corrected chi connectivity index (χ1v) is 3.56. The van der Waals surface area contributed by atoms with E-state index in [0.29, 0.717) is 5.56 Å². The molecule has 1 N–H and O–H groups in total. The summed E-state index contributed by atoms with van der Waals surface area (Å²) in [5.74, 6) is 0. The van der Waals surface area contributed by atoms with Gasteiger partial charge in [-0.15, -0.1) is 0 Å². The van der Waals surface area contributed by atoms with Gasteiger partial charge in [-0.25, -0.2) is 8.78 Å². The number of rotatable bonds is 2. The molecule has 1 aromatic rings. The third-order valence-corrected chi connectivity index (χ3v) is 1.70. The molecule has 0 aromatic carbocycles. The second-order valence-corrected chi connectivity index (χ2v) is 2.57. The molecule has 1 rings (SSSR count). The first-order chi connectivity index (χ1) is 5.65. The Bertz CT molecular complexity index is 280. The van der Waals surface area contributed by atoms with Gasteiger partial charge in [0.25, 0.3) is 6.43 Å². The van der Waals surface area contributed by atoms with Crippen LogP contribution in [0.5, 0.6) is 0 Å². The van der Waals surface area contributed by atoms with E-state index in [0.717, 1.165) is 12.3 Å². The molecular weight excluding hydrogens is 188 g/mol. The van der Waals surface area contributed by atoms with Gasteiger partial charge in [0, 0.05) is 16.8 Å². The Morgan fingerprint density at radius 3 is 2.67 bits per heavy atom. The maximum Gasteiger partial charge on any atom is 0.280 e. The zero-order valence-corrected chi connectivity index (χ0v) is 6.72. The van der Waals surface area contributed by atoms with Gasteiger partial charge in [0.15, 0.2) is 0 Å². The Kier molecular flexibility index (Phi) is 2.94. The Hall–Kier alpha value is -0.740. The van der Waals surface area contributed by atoms with Crippen LogP contribution in [0.3, 0.4) is 0 Å². The van der Waals surface area contributed by atoms with Crippen molar-refractivity contribution in [2.24, 2.45) is 0 Å². The van der Waals surface area contributed by atoms with E-state index in [9.17, 15) is 8.78 Å². The molecule has 0 amide bonds. The number of aliphatic hydroxyl groups excluding tert-OH is 1. The fraction of sp³-hybridized carbons (Fsp3) is 0.286. The predicted octanol–water partition coefficient (Wildman–Crippen LogP) is 2.16. The van der Waals surface area contributed by atoms with Crippen molar-refractivity contribution >= 4 is 11.6 Å². The molecule has 0 saturated heterocycles. The highest BCUT2D eigenvalue weighted by Gasteiger charge is 2.10. The van der Waals surface area contributed by atoms with Crippen LogP contribution in [0.2, 0.25) is 5.02 Å². The van der Waals surface area contributed by atoms with E-state index in [1.807, 2.05) is 0 Å². The molecular formula is C7H6ClF2NO. The fourth-order valence-corrected chi connectivity index (χ4v) is 0.930. The van der Waals surface area contributed by atoms with Crippen molar-refractivity contribution in [3.63, 3.8) is 0 Å². The van der Waals surface area contributed by atoms with Crippen LogP contribution in [-0.2, 0) is 6.61 Å². The standard InChI is InChI=1S/C7H6ClF2NO/c8-5-1-6(7(9)10)11-2-4(5)3-12/h1-2,7,12H,3H2. The second-order valence-electron chi connectivity index (χ2n) is 2.16. The zero-order chi connectivity index (χ0) is 9.14. The van der Waals surface area contributed by atoms with Crippen LogP contribution < -0.4 is 0 Å². The Morgan fingerprint density at radius 2 is 2.25 bits per heavy atom. The van der Waals surface area contributed by atoms with Gasteiger partial charge in [0.1, 0.15) is 5.69 Å². The molecule has 0 aliphatic heterocycles. The number of halogens is 3. The highest BCUT2D eigenvalue weighted by atomic mass is 35.5. The number of hydrogen-bond acceptors (Lipinski definition) is 2. The molecule has 12 heavy (non-hydrogen) atoms. The molecule has 0 fully saturated rings. The Balaban J connectivity index is 3.02. The van der Waals surface area contributed by atoms with Gasteiger partial charge in [0.2, 0.25) is 0 Å². The van der Waals surface area contributed by atoms with Crippen LogP contribution in [0.1, 0.15) is 17.7 Å². The van der Waals surface area contributed by atoms with E-state index < -0.39 is 6.43 Å². The van der Waals surface area contributed by atoms with Crippen molar-refractivity contribution in [2.45, 2.75) is 13.0 Å². The molecule has 66 valence electrons. The summed E-state index contributed by atoms with van der Waals surface area (Å²) >= 11 is 5.54. The molecule has 0 aliphatic carbocycles. The van der Waals surface area contributed by atoms with Crippen molar-refractivity contribution in [3.05, 3.63) is 28.5 Å². The fourth-order valence-electron chi connectivity index (χ4n) is 0.710. The molecule has 5 heteroatoms. The summed E-state index contributed by atoms with van der Waals surface area (Å²) in [5, 5.41) is 8.75. The lowest BCUT2D eigenvalue weighted by Gasteiger charge is -2.02. The Morgan fingerprint density at radius 1 is 1.58 bits per heavy atom.